The number of ketones is 1. The van der Waals surface area contributed by atoms with E-state index in [-0.39, 0.29) is 29.2 Å². The lowest BCUT2D eigenvalue weighted by Crippen LogP contribution is -2.15. The molecule has 0 saturated heterocycles. The van der Waals surface area contributed by atoms with Gasteiger partial charge in [-0.15, -0.1) is 0 Å². The number of ether oxygens (including phenoxy) is 1. The first-order valence-corrected chi connectivity index (χ1v) is 11.9. The molecule has 0 saturated carbocycles. The number of aliphatic imine (C=N–C) groups is 1. The van der Waals surface area contributed by atoms with Crippen LogP contribution in [0.25, 0.3) is 5.57 Å². The summed E-state index contributed by atoms with van der Waals surface area (Å²) in [4.78, 5) is 30.3. The Hall–Kier alpha value is -5.22. The third-order valence-corrected chi connectivity index (χ3v) is 5.91. The van der Waals surface area contributed by atoms with E-state index >= 15 is 0 Å². The van der Waals surface area contributed by atoms with E-state index in [0.29, 0.717) is 27.8 Å². The number of carbonyl (C=O) groups is 2. The van der Waals surface area contributed by atoms with Crippen molar-refractivity contribution in [1.82, 2.24) is 0 Å². The highest BCUT2D eigenvalue weighted by atomic mass is 19.1. The van der Waals surface area contributed by atoms with E-state index in [9.17, 15) is 18.4 Å². The average molecular weight is 521 g/mol. The SMILES string of the molecule is COC(=O)C(CC=C(c1ccc(C#N)cc1)c1ccc(F)cc1F)=Nc1ccccc1C(=O)c1ccccc1. The molecule has 0 N–H and O–H groups in total. The number of benzene rings is 4. The molecule has 5 nitrogen and oxygen atoms in total. The van der Waals surface area contributed by atoms with Gasteiger partial charge in [-0.3, -0.25) is 4.79 Å². The van der Waals surface area contributed by atoms with Crippen molar-refractivity contribution in [3.63, 3.8) is 0 Å². The molecule has 7 heteroatoms. The second kappa shape index (κ2) is 12.3. The summed E-state index contributed by atoms with van der Waals surface area (Å²) in [7, 11) is 1.21. The van der Waals surface area contributed by atoms with Gasteiger partial charge in [0.15, 0.2) is 5.78 Å². The standard InChI is InChI=1S/C32H22F2N2O3/c1-39-32(38)30(36-29-10-6-5-9-27(29)31(37)23-7-3-2-4-8-23)18-17-25(22-13-11-21(20-35)12-14-22)26-16-15-24(33)19-28(26)34/h2-17,19H,18H2,1H3. The lowest BCUT2D eigenvalue weighted by Gasteiger charge is -2.12. The van der Waals surface area contributed by atoms with E-state index in [2.05, 4.69) is 4.99 Å². The number of hydrogen-bond donors (Lipinski definition) is 0. The summed E-state index contributed by atoms with van der Waals surface area (Å²) in [6, 6.07) is 27.0. The number of nitrogens with zero attached hydrogens (tertiary/aromatic N) is 2. The van der Waals surface area contributed by atoms with Gasteiger partial charge in [-0.1, -0.05) is 60.7 Å². The van der Waals surface area contributed by atoms with Crippen LogP contribution in [0.1, 0.15) is 39.0 Å². The summed E-state index contributed by atoms with van der Waals surface area (Å²) in [5, 5.41) is 9.14. The quantitative estimate of drug-likeness (QED) is 0.145. The first-order valence-electron chi connectivity index (χ1n) is 11.9. The van der Waals surface area contributed by atoms with E-state index in [0.717, 1.165) is 12.1 Å². The van der Waals surface area contributed by atoms with Gasteiger partial charge in [0.1, 0.15) is 17.3 Å². The Morgan fingerprint density at radius 3 is 2.23 bits per heavy atom. The van der Waals surface area contributed by atoms with Gasteiger partial charge in [0.2, 0.25) is 0 Å². The van der Waals surface area contributed by atoms with Crippen LogP contribution in [0.3, 0.4) is 0 Å². The maximum atomic E-state index is 14.8. The van der Waals surface area contributed by atoms with Crippen molar-refractivity contribution < 1.29 is 23.1 Å². The second-order valence-electron chi connectivity index (χ2n) is 8.40. The Bertz CT molecular complexity index is 1620. The lowest BCUT2D eigenvalue weighted by molar-refractivity contribution is -0.132. The van der Waals surface area contributed by atoms with Gasteiger partial charge in [0.05, 0.1) is 24.4 Å². The number of nitriles is 1. The maximum Gasteiger partial charge on any atom is 0.352 e. The summed E-state index contributed by atoms with van der Waals surface area (Å²) in [5.74, 6) is -2.51. The minimum absolute atomic E-state index is 0.0283. The van der Waals surface area contributed by atoms with Gasteiger partial charge in [0, 0.05) is 29.2 Å². The van der Waals surface area contributed by atoms with Crippen LogP contribution in [0.5, 0.6) is 0 Å². The minimum Gasteiger partial charge on any atom is -0.465 e. The second-order valence-corrected chi connectivity index (χ2v) is 8.40. The molecule has 0 spiro atoms. The fourth-order valence-electron chi connectivity index (χ4n) is 3.96. The predicted octanol–water partition coefficient (Wildman–Crippen LogP) is 6.83. The summed E-state index contributed by atoms with van der Waals surface area (Å²) < 4.78 is 33.4. The van der Waals surface area contributed by atoms with Gasteiger partial charge in [-0.2, -0.15) is 5.26 Å². The van der Waals surface area contributed by atoms with Crippen molar-refractivity contribution in [2.24, 2.45) is 4.99 Å². The molecule has 0 aromatic heterocycles. The van der Waals surface area contributed by atoms with Gasteiger partial charge >= 0.3 is 5.97 Å². The Balaban J connectivity index is 1.79. The first-order chi connectivity index (χ1) is 18.9. The molecule has 0 aliphatic heterocycles. The Kier molecular flexibility index (Phi) is 8.50. The van der Waals surface area contributed by atoms with Crippen LogP contribution in [0.2, 0.25) is 0 Å². The van der Waals surface area contributed by atoms with Crippen molar-refractivity contribution in [2.75, 3.05) is 7.11 Å². The molecule has 0 unspecified atom stereocenters. The molecule has 4 rings (SSSR count). The van der Waals surface area contributed by atoms with Gasteiger partial charge in [0.25, 0.3) is 0 Å². The Labute approximate surface area is 224 Å². The summed E-state index contributed by atoms with van der Waals surface area (Å²) in [6.45, 7) is 0. The fourth-order valence-corrected chi connectivity index (χ4v) is 3.96. The number of methoxy groups -OCH3 is 1. The Morgan fingerprint density at radius 2 is 1.56 bits per heavy atom. The molecule has 0 aliphatic carbocycles. The molecular weight excluding hydrogens is 498 g/mol. The van der Waals surface area contributed by atoms with Crippen LogP contribution in [-0.2, 0) is 9.53 Å². The molecule has 39 heavy (non-hydrogen) atoms. The monoisotopic (exact) mass is 520 g/mol. The smallest absolute Gasteiger partial charge is 0.352 e. The molecule has 0 fully saturated rings. The fraction of sp³-hybridized carbons (Fsp3) is 0.0625. The third-order valence-electron chi connectivity index (χ3n) is 5.91. The maximum absolute atomic E-state index is 14.8. The summed E-state index contributed by atoms with van der Waals surface area (Å²) >= 11 is 0. The number of carbonyl (C=O) groups excluding carboxylic acids is 2. The van der Waals surface area contributed by atoms with Crippen LogP contribution < -0.4 is 0 Å². The number of rotatable bonds is 8. The van der Waals surface area contributed by atoms with Crippen molar-refractivity contribution >= 4 is 28.7 Å². The zero-order valence-electron chi connectivity index (χ0n) is 20.9. The predicted molar refractivity (Wildman–Crippen MR) is 145 cm³/mol. The topological polar surface area (TPSA) is 79.5 Å². The lowest BCUT2D eigenvalue weighted by atomic mass is 9.95. The molecule has 0 radical (unpaired) electrons. The van der Waals surface area contributed by atoms with Crippen LogP contribution in [-0.4, -0.2) is 24.6 Å². The van der Waals surface area contributed by atoms with Crippen LogP contribution in [0.15, 0.2) is 108 Å². The van der Waals surface area contributed by atoms with E-state index in [1.165, 1.54) is 13.2 Å². The number of halogens is 2. The molecule has 4 aromatic carbocycles. The number of esters is 1. The number of para-hydroxylation sites is 1. The van der Waals surface area contributed by atoms with Gasteiger partial charge in [-0.05, 0) is 47.5 Å². The van der Waals surface area contributed by atoms with Crippen LogP contribution >= 0.6 is 0 Å². The molecule has 0 atom stereocenters. The number of allylic oxidation sites excluding steroid dienone is 1. The first kappa shape index (κ1) is 26.8. The van der Waals surface area contributed by atoms with Crippen molar-refractivity contribution in [3.05, 3.63) is 143 Å². The highest BCUT2D eigenvalue weighted by molar-refractivity contribution is 6.37. The zero-order valence-corrected chi connectivity index (χ0v) is 20.9. The number of hydrogen-bond acceptors (Lipinski definition) is 5. The highest BCUT2D eigenvalue weighted by Gasteiger charge is 2.18. The average Bonchev–Trinajstić information content (AvgIpc) is 2.97. The Morgan fingerprint density at radius 1 is 0.872 bits per heavy atom. The van der Waals surface area contributed by atoms with Crippen molar-refractivity contribution in [3.8, 4) is 6.07 Å². The normalized spacial score (nSPS) is 11.5. The van der Waals surface area contributed by atoms with E-state index in [1.54, 1.807) is 84.9 Å². The van der Waals surface area contributed by atoms with Crippen molar-refractivity contribution in [2.45, 2.75) is 6.42 Å². The summed E-state index contributed by atoms with van der Waals surface area (Å²) in [5.41, 5.74) is 2.43. The minimum atomic E-state index is -0.791. The largest absolute Gasteiger partial charge is 0.465 e. The molecule has 192 valence electrons. The van der Waals surface area contributed by atoms with Crippen molar-refractivity contribution in [1.29, 1.82) is 5.26 Å². The molecule has 4 aromatic rings. The van der Waals surface area contributed by atoms with E-state index < -0.39 is 17.6 Å². The molecule has 0 heterocycles. The zero-order chi connectivity index (χ0) is 27.8. The third kappa shape index (κ3) is 6.38. The van der Waals surface area contributed by atoms with E-state index in [4.69, 9.17) is 10.00 Å². The molecule has 0 bridgehead atoms. The van der Waals surface area contributed by atoms with Crippen LogP contribution in [0, 0.1) is 23.0 Å². The highest BCUT2D eigenvalue weighted by Crippen LogP contribution is 2.28. The van der Waals surface area contributed by atoms with E-state index in [1.807, 2.05) is 6.07 Å². The van der Waals surface area contributed by atoms with Gasteiger partial charge in [-0.25, -0.2) is 18.6 Å². The van der Waals surface area contributed by atoms with Crippen LogP contribution in [0.4, 0.5) is 14.5 Å². The molecule has 0 aliphatic rings. The molecular formula is C32H22F2N2O3. The summed E-state index contributed by atoms with van der Waals surface area (Å²) in [6.07, 6.45) is 1.49. The molecule has 0 amide bonds. The van der Waals surface area contributed by atoms with Gasteiger partial charge < -0.3 is 4.74 Å².